The number of likely N-dealkylation sites (tertiary alicyclic amines) is 1. The Bertz CT molecular complexity index is 1040. The van der Waals surface area contributed by atoms with Gasteiger partial charge in [0.2, 0.25) is 12.7 Å². The van der Waals surface area contributed by atoms with Crippen molar-refractivity contribution in [3.05, 3.63) is 23.9 Å². The number of allylic oxidation sites excluding steroid dienone is 2. The van der Waals surface area contributed by atoms with Gasteiger partial charge in [0.05, 0.1) is 18.4 Å². The van der Waals surface area contributed by atoms with Crippen molar-refractivity contribution in [1.29, 1.82) is 0 Å². The van der Waals surface area contributed by atoms with E-state index in [0.29, 0.717) is 11.5 Å². The largest absolute Gasteiger partial charge is 0.464 e. The second-order valence-electron chi connectivity index (χ2n) is 11.0. The molecule has 2 heterocycles. The fraction of sp³-hybridized carbons (Fsp3) is 0.679. The van der Waals surface area contributed by atoms with Crippen LogP contribution in [-0.2, 0) is 28.6 Å². The molecule has 1 saturated carbocycles. The molecular weight excluding hydrogens is 520 g/mol. The van der Waals surface area contributed by atoms with Crippen molar-refractivity contribution in [1.82, 2.24) is 20.9 Å². The smallest absolute Gasteiger partial charge is 0.412 e. The Morgan fingerprint density at radius 2 is 1.80 bits per heavy atom. The third kappa shape index (κ3) is 7.76. The van der Waals surface area contributed by atoms with E-state index in [1.54, 1.807) is 46.0 Å². The van der Waals surface area contributed by atoms with Gasteiger partial charge in [-0.05, 0) is 69.9 Å². The van der Waals surface area contributed by atoms with Crippen LogP contribution in [0.3, 0.4) is 0 Å². The van der Waals surface area contributed by atoms with Crippen molar-refractivity contribution >= 4 is 30.0 Å². The lowest BCUT2D eigenvalue weighted by Gasteiger charge is -2.45. The van der Waals surface area contributed by atoms with E-state index < -0.39 is 54.4 Å². The highest BCUT2D eigenvalue weighted by molar-refractivity contribution is 6.08. The Hall–Kier alpha value is -3.57. The molecule has 2 aliphatic heterocycles. The number of esters is 2. The van der Waals surface area contributed by atoms with Crippen LogP contribution in [0.25, 0.3) is 0 Å². The lowest BCUT2D eigenvalue weighted by molar-refractivity contribution is -0.169. The quantitative estimate of drug-likeness (QED) is 0.207. The first kappa shape index (κ1) is 31.0. The topological polar surface area (TPSA) is 152 Å². The highest BCUT2D eigenvalue weighted by Gasteiger charge is 2.55. The van der Waals surface area contributed by atoms with E-state index in [4.69, 9.17) is 14.2 Å². The number of carbonyl (C=O) groups is 5. The first-order valence-electron chi connectivity index (χ1n) is 14.0. The first-order chi connectivity index (χ1) is 19.0. The number of rotatable bonds is 10. The molecule has 222 valence electrons. The number of hydrogen-bond acceptors (Lipinski definition) is 9. The minimum absolute atomic E-state index is 0.113. The summed E-state index contributed by atoms with van der Waals surface area (Å²) in [4.78, 5) is 63.9. The van der Waals surface area contributed by atoms with Crippen LogP contribution in [0, 0.1) is 17.8 Å². The second kappa shape index (κ2) is 13.7. The summed E-state index contributed by atoms with van der Waals surface area (Å²) in [5.74, 6) is -2.39. The van der Waals surface area contributed by atoms with Crippen LogP contribution in [0.1, 0.15) is 73.1 Å². The highest BCUT2D eigenvalue weighted by atomic mass is 16.7. The Labute approximate surface area is 235 Å². The van der Waals surface area contributed by atoms with E-state index >= 15 is 0 Å². The predicted octanol–water partition coefficient (Wildman–Crippen LogP) is 3.09. The van der Waals surface area contributed by atoms with Gasteiger partial charge < -0.3 is 24.8 Å². The number of imide groups is 1. The molecule has 0 spiro atoms. The van der Waals surface area contributed by atoms with Crippen LogP contribution >= 0.6 is 0 Å². The summed E-state index contributed by atoms with van der Waals surface area (Å²) in [5, 5.41) is 8.57. The van der Waals surface area contributed by atoms with E-state index in [0.717, 1.165) is 30.6 Å². The van der Waals surface area contributed by atoms with E-state index in [1.165, 1.54) is 6.42 Å². The van der Waals surface area contributed by atoms with Gasteiger partial charge in [-0.25, -0.2) is 19.3 Å². The van der Waals surface area contributed by atoms with Crippen LogP contribution in [-0.4, -0.2) is 66.0 Å². The fourth-order valence-electron chi connectivity index (χ4n) is 5.28. The molecule has 2 fully saturated rings. The Kier molecular flexibility index (Phi) is 10.6. The Morgan fingerprint density at radius 3 is 2.45 bits per heavy atom. The predicted molar refractivity (Wildman–Crippen MR) is 144 cm³/mol. The minimum Gasteiger partial charge on any atom is -0.464 e. The summed E-state index contributed by atoms with van der Waals surface area (Å²) < 4.78 is 15.0. The third-order valence-corrected chi connectivity index (χ3v) is 7.50. The van der Waals surface area contributed by atoms with Crippen LogP contribution in [0.15, 0.2) is 23.9 Å². The zero-order valence-corrected chi connectivity index (χ0v) is 24.0. The molecule has 3 rings (SSSR count). The molecule has 3 N–H and O–H groups in total. The second-order valence-corrected chi connectivity index (χ2v) is 11.0. The van der Waals surface area contributed by atoms with E-state index in [9.17, 15) is 24.0 Å². The van der Waals surface area contributed by atoms with Gasteiger partial charge in [-0.15, -0.1) is 0 Å². The van der Waals surface area contributed by atoms with Crippen molar-refractivity contribution in [3.8, 4) is 0 Å². The van der Waals surface area contributed by atoms with Gasteiger partial charge in [-0.3, -0.25) is 14.9 Å². The van der Waals surface area contributed by atoms with Crippen molar-refractivity contribution < 1.29 is 38.2 Å². The summed E-state index contributed by atoms with van der Waals surface area (Å²) in [6, 6.07) is -1.74. The lowest BCUT2D eigenvalue weighted by atomic mass is 9.81. The maximum atomic E-state index is 13.2. The zero-order chi connectivity index (χ0) is 29.4. The van der Waals surface area contributed by atoms with E-state index in [2.05, 4.69) is 16.0 Å². The van der Waals surface area contributed by atoms with Gasteiger partial charge in [0.15, 0.2) is 6.04 Å². The lowest BCUT2D eigenvalue weighted by Crippen LogP contribution is -2.69. The number of hydrogen-bond donors (Lipinski definition) is 3. The average Bonchev–Trinajstić information content (AvgIpc) is 2.90. The average molecular weight is 563 g/mol. The number of carbonyl (C=O) groups excluding carboxylic acids is 5. The van der Waals surface area contributed by atoms with Gasteiger partial charge in [-0.1, -0.05) is 33.1 Å². The molecular formula is C28H42N4O8. The molecule has 0 radical (unpaired) electrons. The van der Waals surface area contributed by atoms with Gasteiger partial charge in [0.1, 0.15) is 5.66 Å². The molecule has 1 saturated heterocycles. The molecule has 0 bridgehead atoms. The maximum absolute atomic E-state index is 13.2. The number of alkyl carbamates (subject to hydrolysis) is 1. The molecule has 0 aromatic carbocycles. The molecule has 0 aromatic heterocycles. The van der Waals surface area contributed by atoms with Crippen LogP contribution in [0.2, 0.25) is 0 Å². The number of amides is 4. The van der Waals surface area contributed by atoms with Crippen molar-refractivity contribution in [3.63, 3.8) is 0 Å². The van der Waals surface area contributed by atoms with Crippen LogP contribution in [0.5, 0.6) is 0 Å². The number of urea groups is 1. The summed E-state index contributed by atoms with van der Waals surface area (Å²) >= 11 is 0. The van der Waals surface area contributed by atoms with Crippen LogP contribution in [0.4, 0.5) is 9.59 Å². The molecule has 1 aliphatic carbocycles. The molecule has 40 heavy (non-hydrogen) atoms. The van der Waals surface area contributed by atoms with Crippen LogP contribution < -0.4 is 16.0 Å². The van der Waals surface area contributed by atoms with Gasteiger partial charge >= 0.3 is 24.1 Å². The Morgan fingerprint density at radius 1 is 1.10 bits per heavy atom. The van der Waals surface area contributed by atoms with E-state index in [-0.39, 0.29) is 25.0 Å². The summed E-state index contributed by atoms with van der Waals surface area (Å²) in [6.07, 6.45) is 9.84. The molecule has 4 atom stereocenters. The first-order valence-corrected chi connectivity index (χ1v) is 14.0. The maximum Gasteiger partial charge on any atom is 0.412 e. The molecule has 3 aliphatic rings. The van der Waals surface area contributed by atoms with Crippen molar-refractivity contribution in [2.24, 2.45) is 17.8 Å². The number of dihydropyridines is 1. The van der Waals surface area contributed by atoms with Gasteiger partial charge in [0, 0.05) is 6.04 Å². The zero-order valence-electron chi connectivity index (χ0n) is 24.0. The number of nitrogens with one attached hydrogen (secondary N) is 3. The molecule has 12 nitrogen and oxygen atoms in total. The Balaban J connectivity index is 1.63. The monoisotopic (exact) mass is 562 g/mol. The molecule has 0 aromatic rings. The number of nitrogens with zero attached hydrogens (tertiary/aromatic N) is 1. The normalized spacial score (nSPS) is 25.2. The van der Waals surface area contributed by atoms with Gasteiger partial charge in [0.25, 0.3) is 0 Å². The molecule has 0 unspecified atom stereocenters. The molecule has 4 amide bonds. The van der Waals surface area contributed by atoms with E-state index in [1.807, 2.05) is 6.92 Å². The summed E-state index contributed by atoms with van der Waals surface area (Å²) in [5.41, 5.74) is -0.418. The SMILES string of the molecule is CCOC(=O)[C@@H]1[C@@H](CC2=C[C@@](C)(NC(=O)OCOC(=O)C(C)C)NC=C2)C(=O)N1C(=O)N[C@H](C)C1CCCCC1. The number of ether oxygens (including phenoxy) is 3. The molecule has 12 heteroatoms. The third-order valence-electron chi connectivity index (χ3n) is 7.50. The fourth-order valence-corrected chi connectivity index (χ4v) is 5.28. The van der Waals surface area contributed by atoms with Crippen molar-refractivity contribution in [2.45, 2.75) is 90.9 Å². The standard InChI is InChI=1S/C28H42N4O8/c1-6-38-25(35)22-21(23(33)32(22)26(36)30-18(4)20-10-8-7-9-11-20)14-19-12-13-29-28(5,15-19)31-27(37)40-16-39-24(34)17(2)3/h12-13,15,17-18,20-22,29H,6-11,14,16H2,1-5H3,(H,30,36)(H,31,37)/t18-,21-,22+,28-/m1/s1. The summed E-state index contributed by atoms with van der Waals surface area (Å²) in [6.45, 7) is 8.20. The number of β-lactam (4-membered cyclic amide) rings is 1. The highest BCUT2D eigenvalue weighted by Crippen LogP contribution is 2.35. The van der Waals surface area contributed by atoms with Crippen molar-refractivity contribution in [2.75, 3.05) is 13.4 Å². The minimum atomic E-state index is -1.08. The van der Waals surface area contributed by atoms with Gasteiger partial charge in [-0.2, -0.15) is 0 Å². The summed E-state index contributed by atoms with van der Waals surface area (Å²) in [7, 11) is 0.